The highest BCUT2D eigenvalue weighted by Gasteiger charge is 2.39. The lowest BCUT2D eigenvalue weighted by Gasteiger charge is -2.35. The quantitative estimate of drug-likeness (QED) is 0.297. The van der Waals surface area contributed by atoms with Crippen LogP contribution in [0.25, 0.3) is 0 Å². The first-order chi connectivity index (χ1) is 24.7. The van der Waals surface area contributed by atoms with E-state index in [9.17, 15) is 29.4 Å². The van der Waals surface area contributed by atoms with Crippen LogP contribution in [-0.2, 0) is 32.1 Å². The number of nitrogens with one attached hydrogen (secondary N) is 3. The lowest BCUT2D eigenvalue weighted by Crippen LogP contribution is -2.48. The second-order valence-corrected chi connectivity index (χ2v) is 15.5. The second kappa shape index (κ2) is 18.7. The van der Waals surface area contributed by atoms with Crippen LogP contribution >= 0.6 is 0 Å². The minimum Gasteiger partial charge on any atom is -0.497 e. The zero-order chi connectivity index (χ0) is 38.0. The summed E-state index contributed by atoms with van der Waals surface area (Å²) in [5.74, 6) is -1.21. The lowest BCUT2D eigenvalue weighted by molar-refractivity contribution is -0.160. The van der Waals surface area contributed by atoms with Gasteiger partial charge in [-0.1, -0.05) is 58.9 Å². The summed E-state index contributed by atoms with van der Waals surface area (Å²) < 4.78 is 11.4. The maximum Gasteiger partial charge on any atom is 0.329 e. The largest absolute Gasteiger partial charge is 0.497 e. The first-order valence-electron chi connectivity index (χ1n) is 18.6. The third-order valence-corrected chi connectivity index (χ3v) is 10.2. The Morgan fingerprint density at radius 2 is 1.63 bits per heavy atom. The number of ether oxygens (including phenoxy) is 2. The summed E-state index contributed by atoms with van der Waals surface area (Å²) in [5, 5.41) is 30.7. The summed E-state index contributed by atoms with van der Waals surface area (Å²) in [6.45, 7) is 10.7. The van der Waals surface area contributed by atoms with Crippen LogP contribution in [0.15, 0.2) is 48.5 Å². The van der Waals surface area contributed by atoms with Gasteiger partial charge in [-0.25, -0.2) is 4.79 Å². The molecular weight excluding hydrogens is 664 g/mol. The van der Waals surface area contributed by atoms with Gasteiger partial charge in [0.15, 0.2) is 0 Å². The van der Waals surface area contributed by atoms with E-state index in [1.807, 2.05) is 39.8 Å². The summed E-state index contributed by atoms with van der Waals surface area (Å²) in [7, 11) is 1.58. The monoisotopic (exact) mass is 722 g/mol. The molecule has 1 saturated heterocycles. The molecule has 1 fully saturated rings. The highest BCUT2D eigenvalue weighted by atomic mass is 16.5. The molecule has 2 aromatic rings. The van der Waals surface area contributed by atoms with Crippen LogP contribution in [0.3, 0.4) is 0 Å². The summed E-state index contributed by atoms with van der Waals surface area (Å²) in [6, 6.07) is 12.7. The molecule has 0 aliphatic carbocycles. The minimum atomic E-state index is -1.01. The van der Waals surface area contributed by atoms with Crippen LogP contribution in [-0.4, -0.2) is 89.5 Å². The van der Waals surface area contributed by atoms with Gasteiger partial charge in [0.1, 0.15) is 30.2 Å². The van der Waals surface area contributed by atoms with E-state index in [1.54, 1.807) is 55.3 Å². The van der Waals surface area contributed by atoms with Gasteiger partial charge in [0.25, 0.3) is 5.91 Å². The van der Waals surface area contributed by atoms with Crippen LogP contribution in [0.1, 0.15) is 94.6 Å². The molecule has 12 nitrogen and oxygen atoms in total. The molecule has 0 radical (unpaired) electrons. The number of methoxy groups -OCH3 is 1. The molecule has 286 valence electrons. The standard InChI is InChI=1S/C40H58N4O8/c1-25-21-33(45)26(2)36(47)41-19-7-10-35(46)43-31(23-27-13-17-30(51-6)18-14-27)37(48)42-24-28-11-15-29(16-12-28)38(49)44-20-8-9-32(44)39(50)52-34(22-25)40(3,4)5/h11-18,25-26,31-34,36,41,45,47H,7-10,19-24H2,1-6H3,(H,42,48)(H,43,46)/t25-,26+,31-,32-,33-,34-,36?/m0/s1. The van der Waals surface area contributed by atoms with Crippen LogP contribution in [0.4, 0.5) is 0 Å². The lowest BCUT2D eigenvalue weighted by atomic mass is 9.81. The maximum absolute atomic E-state index is 13.7. The number of hydrogen-bond acceptors (Lipinski definition) is 9. The molecule has 3 amide bonds. The SMILES string of the molecule is COc1ccc(C[C@@H]2NC(=O)CCCNC(O)[C@H](C)[C@@H](O)C[C@H](C)C[C@@H](C(C)(C)C)OC(=O)[C@@H]3CCCN3C(=O)c3ccc(cc3)CNC2=O)cc1. The number of nitrogens with zero attached hydrogens (tertiary/aromatic N) is 1. The van der Waals surface area contributed by atoms with Crippen molar-refractivity contribution >= 4 is 23.7 Å². The number of carbonyl (C=O) groups is 4. The van der Waals surface area contributed by atoms with Crippen molar-refractivity contribution in [2.75, 3.05) is 20.2 Å². The molecule has 5 rings (SSSR count). The second-order valence-electron chi connectivity index (χ2n) is 15.5. The van der Waals surface area contributed by atoms with Gasteiger partial charge in [0.05, 0.1) is 13.2 Å². The molecule has 0 saturated carbocycles. The fourth-order valence-corrected chi connectivity index (χ4v) is 6.75. The minimum absolute atomic E-state index is 0.0354. The van der Waals surface area contributed by atoms with E-state index in [4.69, 9.17) is 9.47 Å². The Morgan fingerprint density at radius 3 is 2.29 bits per heavy atom. The van der Waals surface area contributed by atoms with E-state index < -0.39 is 42.4 Å². The Balaban J connectivity index is 1.54. The van der Waals surface area contributed by atoms with Gasteiger partial charge < -0.3 is 35.2 Å². The zero-order valence-electron chi connectivity index (χ0n) is 31.5. The molecule has 2 aromatic carbocycles. The molecule has 12 heteroatoms. The van der Waals surface area contributed by atoms with Crippen molar-refractivity contribution in [3.05, 3.63) is 65.2 Å². The molecule has 0 spiro atoms. The average Bonchev–Trinajstić information content (AvgIpc) is 3.61. The molecular formula is C40H58N4O8. The van der Waals surface area contributed by atoms with Crippen molar-refractivity contribution in [3.63, 3.8) is 0 Å². The van der Waals surface area contributed by atoms with E-state index in [1.165, 1.54) is 0 Å². The van der Waals surface area contributed by atoms with Gasteiger partial charge in [-0.3, -0.25) is 19.7 Å². The smallest absolute Gasteiger partial charge is 0.329 e. The zero-order valence-corrected chi connectivity index (χ0v) is 31.5. The number of amides is 3. The number of esters is 1. The Labute approximate surface area is 308 Å². The van der Waals surface area contributed by atoms with Crippen LogP contribution in [0.5, 0.6) is 5.75 Å². The summed E-state index contributed by atoms with van der Waals surface area (Å²) in [4.78, 5) is 55.4. The summed E-state index contributed by atoms with van der Waals surface area (Å²) in [6.07, 6.45) is 0.585. The highest BCUT2D eigenvalue weighted by molar-refractivity contribution is 5.97. The predicted octanol–water partition coefficient (Wildman–Crippen LogP) is 3.72. The van der Waals surface area contributed by atoms with Crippen molar-refractivity contribution in [3.8, 4) is 5.75 Å². The normalized spacial score (nSPS) is 28.1. The predicted molar refractivity (Wildman–Crippen MR) is 197 cm³/mol. The van der Waals surface area contributed by atoms with Gasteiger partial charge in [-0.2, -0.15) is 0 Å². The number of aliphatic hydroxyl groups is 2. The van der Waals surface area contributed by atoms with Gasteiger partial charge in [-0.15, -0.1) is 0 Å². The number of rotatable bonds is 3. The van der Waals surface area contributed by atoms with Crippen molar-refractivity contribution in [1.29, 1.82) is 0 Å². The van der Waals surface area contributed by atoms with E-state index in [-0.39, 0.29) is 48.4 Å². The average molecular weight is 723 g/mol. The third kappa shape index (κ3) is 11.5. The van der Waals surface area contributed by atoms with Crippen LogP contribution in [0.2, 0.25) is 0 Å². The fourth-order valence-electron chi connectivity index (χ4n) is 6.75. The summed E-state index contributed by atoms with van der Waals surface area (Å²) in [5.41, 5.74) is 1.66. The van der Waals surface area contributed by atoms with E-state index >= 15 is 0 Å². The highest BCUT2D eigenvalue weighted by Crippen LogP contribution is 2.32. The Kier molecular flexibility index (Phi) is 14.6. The van der Waals surface area contributed by atoms with Gasteiger partial charge >= 0.3 is 5.97 Å². The number of fused-ring (bicyclic) bond motifs is 20. The number of carbonyl (C=O) groups excluding carboxylic acids is 4. The molecule has 2 bridgehead atoms. The van der Waals surface area contributed by atoms with Crippen molar-refractivity contribution in [1.82, 2.24) is 20.9 Å². The molecule has 0 aromatic heterocycles. The topological polar surface area (TPSA) is 167 Å². The fraction of sp³-hybridized carbons (Fsp3) is 0.600. The van der Waals surface area contributed by atoms with Gasteiger partial charge in [-0.05, 0) is 85.4 Å². The Hall–Kier alpha value is -4.00. The van der Waals surface area contributed by atoms with Crippen molar-refractivity contribution in [2.24, 2.45) is 17.3 Å². The van der Waals surface area contributed by atoms with Crippen molar-refractivity contribution in [2.45, 2.75) is 117 Å². The van der Waals surface area contributed by atoms with Crippen LogP contribution in [0, 0.1) is 17.3 Å². The van der Waals surface area contributed by atoms with Crippen LogP contribution < -0.4 is 20.7 Å². The van der Waals surface area contributed by atoms with Gasteiger partial charge in [0.2, 0.25) is 11.8 Å². The third-order valence-electron chi connectivity index (χ3n) is 10.2. The molecule has 52 heavy (non-hydrogen) atoms. The van der Waals surface area contributed by atoms with E-state index in [0.29, 0.717) is 56.5 Å². The number of aliphatic hydroxyl groups excluding tert-OH is 2. The Bertz CT molecular complexity index is 1490. The molecule has 3 heterocycles. The molecule has 5 N–H and O–H groups in total. The summed E-state index contributed by atoms with van der Waals surface area (Å²) >= 11 is 0. The van der Waals surface area contributed by atoms with E-state index in [2.05, 4.69) is 16.0 Å². The number of benzene rings is 2. The molecule has 3 aliphatic heterocycles. The van der Waals surface area contributed by atoms with Gasteiger partial charge in [0, 0.05) is 37.4 Å². The molecule has 7 atom stereocenters. The molecule has 3 aliphatic rings. The van der Waals surface area contributed by atoms with E-state index in [0.717, 1.165) is 11.1 Å². The first-order valence-corrected chi connectivity index (χ1v) is 18.6. The maximum atomic E-state index is 13.7. The molecule has 1 unspecified atom stereocenters. The number of hydrogen-bond donors (Lipinski definition) is 5. The van der Waals surface area contributed by atoms with Crippen molar-refractivity contribution < 1.29 is 38.9 Å². The first kappa shape index (κ1) is 40.8. The Morgan fingerprint density at radius 1 is 0.942 bits per heavy atom.